The molecular formula is C11H14N4. The number of rotatable bonds is 3. The maximum atomic E-state index is 4.36. The van der Waals surface area contributed by atoms with Gasteiger partial charge in [-0.2, -0.15) is 0 Å². The zero-order valence-electron chi connectivity index (χ0n) is 8.94. The van der Waals surface area contributed by atoms with Gasteiger partial charge in [-0.3, -0.25) is 4.57 Å². The van der Waals surface area contributed by atoms with Gasteiger partial charge in [0.15, 0.2) is 5.82 Å². The molecule has 0 fully saturated rings. The standard InChI is InChI=1S/C11H14N4/c1-3-12-10-5-4-6-14-11(10)15-8-7-13-9(15)2/h4-8,12H,3H2,1-2H3. The maximum absolute atomic E-state index is 4.36. The molecule has 15 heavy (non-hydrogen) atoms. The fraction of sp³-hybridized carbons (Fsp3) is 0.273. The fourth-order valence-electron chi connectivity index (χ4n) is 1.52. The van der Waals surface area contributed by atoms with E-state index in [1.807, 2.05) is 29.8 Å². The molecule has 0 amide bonds. The normalized spacial score (nSPS) is 10.3. The summed E-state index contributed by atoms with van der Waals surface area (Å²) in [5.74, 6) is 1.84. The topological polar surface area (TPSA) is 42.7 Å². The lowest BCUT2D eigenvalue weighted by Gasteiger charge is -2.10. The molecule has 0 aliphatic heterocycles. The Labute approximate surface area is 89.0 Å². The Morgan fingerprint density at radius 2 is 2.20 bits per heavy atom. The highest BCUT2D eigenvalue weighted by molar-refractivity contribution is 5.56. The molecule has 78 valence electrons. The average Bonchev–Trinajstić information content (AvgIpc) is 2.66. The number of anilines is 1. The van der Waals surface area contributed by atoms with Gasteiger partial charge in [0.1, 0.15) is 5.82 Å². The molecule has 2 heterocycles. The smallest absolute Gasteiger partial charge is 0.161 e. The summed E-state index contributed by atoms with van der Waals surface area (Å²) < 4.78 is 1.97. The molecule has 0 atom stereocenters. The van der Waals surface area contributed by atoms with Gasteiger partial charge in [0.2, 0.25) is 0 Å². The van der Waals surface area contributed by atoms with E-state index in [1.165, 1.54) is 0 Å². The molecule has 0 aliphatic rings. The van der Waals surface area contributed by atoms with Crippen LogP contribution < -0.4 is 5.32 Å². The Balaban J connectivity index is 2.48. The SMILES string of the molecule is CCNc1cccnc1-n1ccnc1C. The van der Waals surface area contributed by atoms with E-state index in [2.05, 4.69) is 22.2 Å². The van der Waals surface area contributed by atoms with E-state index in [4.69, 9.17) is 0 Å². The summed E-state index contributed by atoms with van der Waals surface area (Å²) in [6.07, 6.45) is 5.48. The Morgan fingerprint density at radius 3 is 2.87 bits per heavy atom. The van der Waals surface area contributed by atoms with E-state index in [9.17, 15) is 0 Å². The van der Waals surface area contributed by atoms with Gasteiger partial charge < -0.3 is 5.32 Å². The number of nitrogens with zero attached hydrogens (tertiary/aromatic N) is 3. The zero-order chi connectivity index (χ0) is 10.7. The Hall–Kier alpha value is -1.84. The van der Waals surface area contributed by atoms with E-state index in [1.54, 1.807) is 12.4 Å². The molecule has 1 N–H and O–H groups in total. The van der Waals surface area contributed by atoms with Gasteiger partial charge in [0.25, 0.3) is 0 Å². The molecular weight excluding hydrogens is 188 g/mol. The number of aromatic nitrogens is 3. The minimum Gasteiger partial charge on any atom is -0.382 e. The van der Waals surface area contributed by atoms with Crippen molar-refractivity contribution in [2.45, 2.75) is 13.8 Å². The highest BCUT2D eigenvalue weighted by atomic mass is 15.1. The minimum absolute atomic E-state index is 0.881. The second-order valence-corrected chi connectivity index (χ2v) is 3.25. The van der Waals surface area contributed by atoms with Gasteiger partial charge in [-0.25, -0.2) is 9.97 Å². The Bertz CT molecular complexity index is 447. The average molecular weight is 202 g/mol. The largest absolute Gasteiger partial charge is 0.382 e. The van der Waals surface area contributed by atoms with Gasteiger partial charge in [-0.15, -0.1) is 0 Å². The van der Waals surface area contributed by atoms with E-state index in [0.29, 0.717) is 0 Å². The van der Waals surface area contributed by atoms with Crippen molar-refractivity contribution in [3.8, 4) is 5.82 Å². The number of aryl methyl sites for hydroxylation is 1. The summed E-state index contributed by atoms with van der Waals surface area (Å²) in [4.78, 5) is 8.55. The molecule has 4 nitrogen and oxygen atoms in total. The summed E-state index contributed by atoms with van der Waals surface area (Å²) in [7, 11) is 0. The quantitative estimate of drug-likeness (QED) is 0.827. The van der Waals surface area contributed by atoms with Crippen molar-refractivity contribution in [3.63, 3.8) is 0 Å². The second kappa shape index (κ2) is 4.13. The molecule has 0 unspecified atom stereocenters. The Kier molecular flexibility index (Phi) is 2.67. The van der Waals surface area contributed by atoms with Crippen LogP contribution in [0.5, 0.6) is 0 Å². The number of nitrogens with one attached hydrogen (secondary N) is 1. The van der Waals surface area contributed by atoms with Crippen LogP contribution in [-0.4, -0.2) is 21.1 Å². The summed E-state index contributed by atoms with van der Waals surface area (Å²) in [6, 6.07) is 3.94. The third kappa shape index (κ3) is 1.83. The molecule has 0 spiro atoms. The van der Waals surface area contributed by atoms with Crippen LogP contribution in [0.1, 0.15) is 12.7 Å². The van der Waals surface area contributed by atoms with Crippen LogP contribution in [-0.2, 0) is 0 Å². The van der Waals surface area contributed by atoms with E-state index < -0.39 is 0 Å². The summed E-state index contributed by atoms with van der Waals surface area (Å²) in [6.45, 7) is 4.91. The van der Waals surface area contributed by atoms with Crippen molar-refractivity contribution < 1.29 is 0 Å². The van der Waals surface area contributed by atoms with Crippen LogP contribution in [0, 0.1) is 6.92 Å². The molecule has 4 heteroatoms. The number of hydrogen-bond acceptors (Lipinski definition) is 3. The highest BCUT2D eigenvalue weighted by Crippen LogP contribution is 2.17. The lowest BCUT2D eigenvalue weighted by Crippen LogP contribution is -2.05. The molecule has 0 aromatic carbocycles. The fourth-order valence-corrected chi connectivity index (χ4v) is 1.52. The Morgan fingerprint density at radius 1 is 1.33 bits per heavy atom. The van der Waals surface area contributed by atoms with Gasteiger partial charge in [0.05, 0.1) is 5.69 Å². The van der Waals surface area contributed by atoms with Crippen LogP contribution in [0.15, 0.2) is 30.7 Å². The van der Waals surface area contributed by atoms with Crippen molar-refractivity contribution >= 4 is 5.69 Å². The van der Waals surface area contributed by atoms with Crippen molar-refractivity contribution in [1.82, 2.24) is 14.5 Å². The van der Waals surface area contributed by atoms with Crippen LogP contribution in [0.4, 0.5) is 5.69 Å². The highest BCUT2D eigenvalue weighted by Gasteiger charge is 2.06. The molecule has 2 rings (SSSR count). The number of hydrogen-bond donors (Lipinski definition) is 1. The van der Waals surface area contributed by atoms with E-state index in [-0.39, 0.29) is 0 Å². The van der Waals surface area contributed by atoms with Gasteiger partial charge in [0, 0.05) is 25.1 Å². The lowest BCUT2D eigenvalue weighted by molar-refractivity contribution is 0.931. The molecule has 0 bridgehead atoms. The second-order valence-electron chi connectivity index (χ2n) is 3.25. The summed E-state index contributed by atoms with van der Waals surface area (Å²) >= 11 is 0. The van der Waals surface area contributed by atoms with Crippen molar-refractivity contribution in [2.75, 3.05) is 11.9 Å². The molecule has 0 aliphatic carbocycles. The molecule has 2 aromatic heterocycles. The predicted octanol–water partition coefficient (Wildman–Crippen LogP) is 2.01. The molecule has 0 radical (unpaired) electrons. The monoisotopic (exact) mass is 202 g/mol. The van der Waals surface area contributed by atoms with Crippen molar-refractivity contribution in [3.05, 3.63) is 36.5 Å². The van der Waals surface area contributed by atoms with Crippen LogP contribution >= 0.6 is 0 Å². The first-order valence-corrected chi connectivity index (χ1v) is 5.02. The third-order valence-corrected chi connectivity index (χ3v) is 2.21. The van der Waals surface area contributed by atoms with Crippen molar-refractivity contribution in [1.29, 1.82) is 0 Å². The minimum atomic E-state index is 0.881. The van der Waals surface area contributed by atoms with Crippen molar-refractivity contribution in [2.24, 2.45) is 0 Å². The number of imidazole rings is 1. The lowest BCUT2D eigenvalue weighted by atomic mass is 10.3. The zero-order valence-corrected chi connectivity index (χ0v) is 8.94. The van der Waals surface area contributed by atoms with E-state index >= 15 is 0 Å². The molecule has 2 aromatic rings. The summed E-state index contributed by atoms with van der Waals surface area (Å²) in [5, 5.41) is 3.28. The van der Waals surface area contributed by atoms with Gasteiger partial charge in [-0.05, 0) is 26.0 Å². The van der Waals surface area contributed by atoms with Crippen LogP contribution in [0.2, 0.25) is 0 Å². The molecule has 0 saturated heterocycles. The van der Waals surface area contributed by atoms with Gasteiger partial charge >= 0.3 is 0 Å². The maximum Gasteiger partial charge on any atom is 0.161 e. The predicted molar refractivity (Wildman–Crippen MR) is 60.3 cm³/mol. The van der Waals surface area contributed by atoms with E-state index in [0.717, 1.165) is 23.9 Å². The first-order valence-electron chi connectivity index (χ1n) is 5.02. The first kappa shape index (κ1) is 9.71. The third-order valence-electron chi connectivity index (χ3n) is 2.21. The summed E-state index contributed by atoms with van der Waals surface area (Å²) in [5.41, 5.74) is 1.03. The van der Waals surface area contributed by atoms with Crippen LogP contribution in [0.3, 0.4) is 0 Å². The van der Waals surface area contributed by atoms with Crippen LogP contribution in [0.25, 0.3) is 5.82 Å². The van der Waals surface area contributed by atoms with Gasteiger partial charge in [-0.1, -0.05) is 0 Å². The molecule has 0 saturated carbocycles. The number of pyridine rings is 1. The first-order chi connectivity index (χ1) is 7.33.